The van der Waals surface area contributed by atoms with Crippen molar-refractivity contribution in [3.63, 3.8) is 0 Å². The van der Waals surface area contributed by atoms with Crippen LogP contribution in [0.3, 0.4) is 0 Å². The van der Waals surface area contributed by atoms with Crippen molar-refractivity contribution in [2.75, 3.05) is 26.2 Å². The number of hydrogen-bond acceptors (Lipinski definition) is 9. The van der Waals surface area contributed by atoms with E-state index < -0.39 is 23.9 Å². The Morgan fingerprint density at radius 3 is 2.43 bits per heavy atom. The molecular weight excluding hydrogens is 789 g/mol. The third-order valence-electron chi connectivity index (χ3n) is 7.79. The van der Waals surface area contributed by atoms with Crippen LogP contribution in [0.2, 0.25) is 0 Å². The number of nitrogens with zero attached hydrogens (tertiary/aromatic N) is 2. The molecule has 13 heteroatoms. The van der Waals surface area contributed by atoms with Crippen molar-refractivity contribution in [3.05, 3.63) is 41.1 Å². The normalized spacial score (nSPS) is 14.9. The number of nitrogens with one attached hydrogen (secondary N) is 3. The number of carbonyl (C=O) groups is 5. The largest absolute Gasteiger partial charge is 0.349 e. The van der Waals surface area contributed by atoms with Gasteiger partial charge in [-0.25, -0.2) is 0 Å². The molecule has 3 rings (SSSR count). The van der Waals surface area contributed by atoms with Crippen LogP contribution < -0.4 is 19.2 Å². The Labute approximate surface area is 285 Å². The number of alkyl carbamates (subject to hydrolysis) is 1. The van der Waals surface area contributed by atoms with Crippen LogP contribution in [0.4, 0.5) is 4.79 Å². The molecule has 0 saturated heterocycles. The standard InChI is InChI=1S/C33H44AtN5O7/c1-4-45-30(42)20-37-32(43)24(18-26(41)19-36-22(3)40)8-5-6-17-35-33(44)46-27-9-7-10-28-21(2)38-39-31(29(28)16-15-27)23-11-13-25(34)14-12-23/h11-14,24,27H,4-10,15-20H2,1-3H3,(H,35,44)(H,36,40)(H,37,43)/t24-,27?/m1/s1/i34+1. The first-order valence-electron chi connectivity index (χ1n) is 15.8. The molecule has 1 unspecified atom stereocenters. The molecule has 0 radical (unpaired) electrons. The van der Waals surface area contributed by atoms with Crippen molar-refractivity contribution in [2.24, 2.45) is 5.92 Å². The molecule has 2 atom stereocenters. The number of aryl methyl sites for hydroxylation is 1. The molecule has 0 aliphatic heterocycles. The molecule has 2 aromatic rings. The van der Waals surface area contributed by atoms with E-state index in [0.717, 1.165) is 42.6 Å². The van der Waals surface area contributed by atoms with E-state index in [1.165, 1.54) is 21.3 Å². The number of fused-ring (bicyclic) bond motifs is 1. The van der Waals surface area contributed by atoms with Gasteiger partial charge in [0.15, 0.2) is 5.78 Å². The first-order valence-corrected chi connectivity index (χ1v) is 17.3. The number of Topliss-reactive ketones (excluding diaryl/α,β-unsaturated/α-hetero) is 1. The van der Waals surface area contributed by atoms with E-state index in [1.54, 1.807) is 31.6 Å². The Hall–Kier alpha value is -3.47. The third-order valence-corrected chi connectivity index (χ3v) is 8.77. The molecule has 250 valence electrons. The Balaban J connectivity index is 1.48. The van der Waals surface area contributed by atoms with Crippen LogP contribution in [0.5, 0.6) is 0 Å². The summed E-state index contributed by atoms with van der Waals surface area (Å²) in [4.78, 5) is 60.5. The minimum atomic E-state index is -0.681. The summed E-state index contributed by atoms with van der Waals surface area (Å²) in [5, 5.41) is 16.8. The fourth-order valence-electron chi connectivity index (χ4n) is 5.43. The molecule has 1 aliphatic rings. The number of ether oxygens (including phenoxy) is 2. The van der Waals surface area contributed by atoms with Crippen molar-refractivity contribution in [1.29, 1.82) is 0 Å². The minimum Gasteiger partial charge on any atom is -0.349 e. The van der Waals surface area contributed by atoms with E-state index in [-0.39, 0.29) is 43.9 Å². The molecule has 0 spiro atoms. The van der Waals surface area contributed by atoms with Gasteiger partial charge in [-0.15, -0.1) is 0 Å². The number of esters is 1. The smallest absolute Gasteiger partial charge is 0.217 e. The molecule has 1 aromatic carbocycles. The number of aromatic nitrogens is 2. The summed E-state index contributed by atoms with van der Waals surface area (Å²) in [7, 11) is 0. The predicted molar refractivity (Wildman–Crippen MR) is 167 cm³/mol. The average Bonchev–Trinajstić information content (AvgIpc) is 3.01. The Kier molecular flexibility index (Phi) is 15.5. The van der Waals surface area contributed by atoms with E-state index in [0.29, 0.717) is 32.2 Å². The van der Waals surface area contributed by atoms with Gasteiger partial charge in [-0.2, -0.15) is 0 Å². The summed E-state index contributed by atoms with van der Waals surface area (Å²) >= 11 is 1.63. The molecule has 3 N–H and O–H groups in total. The quantitative estimate of drug-likeness (QED) is 0.181. The number of ketones is 1. The van der Waals surface area contributed by atoms with Crippen LogP contribution in [-0.4, -0.2) is 72.2 Å². The molecular formula is C33H44AtN5O7. The molecule has 0 saturated carbocycles. The van der Waals surface area contributed by atoms with Crippen molar-refractivity contribution in [2.45, 2.75) is 84.7 Å². The summed E-state index contributed by atoms with van der Waals surface area (Å²) in [5.41, 5.74) is 5.28. The van der Waals surface area contributed by atoms with Gasteiger partial charge in [-0.1, -0.05) is 6.42 Å². The van der Waals surface area contributed by atoms with E-state index in [4.69, 9.17) is 9.47 Å². The average molecular weight is 834 g/mol. The number of benzene rings is 1. The van der Waals surface area contributed by atoms with Crippen molar-refractivity contribution in [1.82, 2.24) is 26.1 Å². The summed E-state index contributed by atoms with van der Waals surface area (Å²) in [6.07, 6.45) is 4.58. The van der Waals surface area contributed by atoms with Crippen molar-refractivity contribution < 1.29 is 58.2 Å². The SMILES string of the molecule is CCOC(=O)CNC(=O)[C@H](CCCCNC(=O)OC1CCCc2c(C)nnc(-c3ccc([211At])cc3)c2CC1)CC(=O)CNC(C)=O. The van der Waals surface area contributed by atoms with Gasteiger partial charge >= 0.3 is 163 Å². The molecule has 3 amide bonds. The summed E-state index contributed by atoms with van der Waals surface area (Å²) in [6.45, 7) is 5.06. The Morgan fingerprint density at radius 2 is 1.72 bits per heavy atom. The number of unbranched alkanes of at least 4 members (excludes halogenated alkanes) is 1. The van der Waals surface area contributed by atoms with E-state index >= 15 is 0 Å². The fraction of sp³-hybridized carbons (Fsp3) is 0.545. The molecule has 0 fully saturated rings. The molecule has 1 heterocycles. The van der Waals surface area contributed by atoms with Crippen LogP contribution in [-0.2, 0) is 41.5 Å². The van der Waals surface area contributed by atoms with E-state index in [2.05, 4.69) is 50.4 Å². The predicted octanol–water partition coefficient (Wildman–Crippen LogP) is 2.55. The van der Waals surface area contributed by atoms with Crippen molar-refractivity contribution >= 4 is 32.9 Å². The van der Waals surface area contributed by atoms with Gasteiger partial charge in [-0.3, -0.25) is 19.2 Å². The first kappa shape index (κ1) is 37.0. The molecule has 0 bridgehead atoms. The zero-order chi connectivity index (χ0) is 33.5. The van der Waals surface area contributed by atoms with Gasteiger partial charge in [0.05, 0.1) is 13.2 Å². The molecule has 12 nitrogen and oxygen atoms in total. The van der Waals surface area contributed by atoms with Crippen LogP contribution in [0.1, 0.15) is 75.6 Å². The fourth-order valence-corrected chi connectivity index (χ4v) is 5.92. The zero-order valence-corrected chi connectivity index (χ0v) is 29.7. The summed E-state index contributed by atoms with van der Waals surface area (Å²) < 4.78 is 11.9. The minimum absolute atomic E-state index is 0.0768. The Morgan fingerprint density at radius 1 is 0.957 bits per heavy atom. The maximum atomic E-state index is 12.7. The maximum Gasteiger partial charge on any atom is 0.217 e. The number of rotatable bonds is 15. The van der Waals surface area contributed by atoms with Gasteiger partial charge in [0.2, 0.25) is 11.8 Å². The van der Waals surface area contributed by atoms with Gasteiger partial charge in [0.25, 0.3) is 0 Å². The number of carbonyl (C=O) groups excluding carboxylic acids is 5. The monoisotopic (exact) mass is 833 g/mol. The summed E-state index contributed by atoms with van der Waals surface area (Å²) in [6, 6.07) is 8.34. The molecule has 1 aromatic heterocycles. The third kappa shape index (κ3) is 12.4. The maximum absolute atomic E-state index is 12.7. The molecule has 46 heavy (non-hydrogen) atoms. The van der Waals surface area contributed by atoms with E-state index in [1.807, 2.05) is 6.92 Å². The van der Waals surface area contributed by atoms with Crippen molar-refractivity contribution in [3.8, 4) is 11.3 Å². The topological polar surface area (TPSA) is 166 Å². The van der Waals surface area contributed by atoms with Crippen LogP contribution >= 0.6 is 0 Å². The Bertz CT molecular complexity index is 1370. The second kappa shape index (κ2) is 19.3. The number of amides is 3. The van der Waals surface area contributed by atoms with Crippen LogP contribution in [0.25, 0.3) is 11.3 Å². The van der Waals surface area contributed by atoms with Gasteiger partial charge in [0.1, 0.15) is 6.54 Å². The van der Waals surface area contributed by atoms with Gasteiger partial charge < -0.3 is 15.4 Å². The number of hydrogen-bond donors (Lipinski definition) is 3. The second-order valence-corrected chi connectivity index (χ2v) is 13.0. The first-order chi connectivity index (χ1) is 22.1. The zero-order valence-electron chi connectivity index (χ0n) is 26.8. The van der Waals surface area contributed by atoms with E-state index in [9.17, 15) is 24.0 Å². The molecule has 1 aliphatic carbocycles. The van der Waals surface area contributed by atoms with Crippen LogP contribution in [0.15, 0.2) is 24.3 Å². The van der Waals surface area contributed by atoms with Crippen LogP contribution in [0, 0.1) is 37.6 Å². The summed E-state index contributed by atoms with van der Waals surface area (Å²) in [5.74, 6) is -2.31. The van der Waals surface area contributed by atoms with Gasteiger partial charge in [0, 0.05) is 25.8 Å². The second-order valence-electron chi connectivity index (χ2n) is 11.4. The van der Waals surface area contributed by atoms with Gasteiger partial charge in [-0.05, 0) is 19.8 Å².